The number of hydrogen-bond donors (Lipinski definition) is 2. The van der Waals surface area contributed by atoms with Crippen LogP contribution in [0.25, 0.3) is 0 Å². The van der Waals surface area contributed by atoms with Gasteiger partial charge in [-0.05, 0) is 54.2 Å². The standard InChI is InChI=1S/C25H30N4O5/c1-14(2)23(28-16(4)30)25(32)29-8-7-19-18(12-29)10-26-15(3)20(19)11-27-24(31)17-5-6-21-22(9-17)34-13-33-21/h5-6,9-10,14,23H,7-8,11-13H2,1-4H3,(H,27,31)(H,28,30)/t23-/m1/s1. The number of hydrogen-bond acceptors (Lipinski definition) is 6. The minimum atomic E-state index is -0.557. The van der Waals surface area contributed by atoms with Gasteiger partial charge in [-0.3, -0.25) is 19.4 Å². The normalized spacial score (nSPS) is 15.0. The van der Waals surface area contributed by atoms with Gasteiger partial charge in [-0.15, -0.1) is 0 Å². The molecular formula is C25H30N4O5. The molecule has 2 aliphatic heterocycles. The minimum absolute atomic E-state index is 0.0177. The Kier molecular flexibility index (Phi) is 6.72. The summed E-state index contributed by atoms with van der Waals surface area (Å²) in [5.41, 5.74) is 4.39. The maximum atomic E-state index is 13.1. The van der Waals surface area contributed by atoms with Crippen LogP contribution in [0.1, 0.15) is 53.5 Å². The lowest BCUT2D eigenvalue weighted by atomic mass is 9.93. The quantitative estimate of drug-likeness (QED) is 0.675. The fourth-order valence-corrected chi connectivity index (χ4v) is 4.38. The van der Waals surface area contributed by atoms with E-state index in [1.165, 1.54) is 6.92 Å². The van der Waals surface area contributed by atoms with E-state index >= 15 is 0 Å². The Hall–Kier alpha value is -3.62. The van der Waals surface area contributed by atoms with Gasteiger partial charge in [0.2, 0.25) is 18.6 Å². The van der Waals surface area contributed by atoms with Gasteiger partial charge in [0.15, 0.2) is 11.5 Å². The first-order valence-electron chi connectivity index (χ1n) is 11.4. The Balaban J connectivity index is 1.47. The lowest BCUT2D eigenvalue weighted by molar-refractivity contribution is -0.138. The zero-order chi connectivity index (χ0) is 24.4. The smallest absolute Gasteiger partial charge is 0.251 e. The molecule has 2 N–H and O–H groups in total. The van der Waals surface area contributed by atoms with Gasteiger partial charge in [-0.2, -0.15) is 0 Å². The molecule has 3 heterocycles. The van der Waals surface area contributed by atoms with Gasteiger partial charge in [-0.1, -0.05) is 13.8 Å². The Labute approximate surface area is 198 Å². The van der Waals surface area contributed by atoms with Crippen molar-refractivity contribution in [1.82, 2.24) is 20.5 Å². The van der Waals surface area contributed by atoms with Crippen LogP contribution in [0.3, 0.4) is 0 Å². The van der Waals surface area contributed by atoms with E-state index in [1.807, 2.05) is 20.8 Å². The van der Waals surface area contributed by atoms with E-state index in [0.717, 1.165) is 22.4 Å². The van der Waals surface area contributed by atoms with Crippen LogP contribution in [0.15, 0.2) is 24.4 Å². The molecule has 0 spiro atoms. The molecule has 0 unspecified atom stereocenters. The van der Waals surface area contributed by atoms with Crippen molar-refractivity contribution in [2.75, 3.05) is 13.3 Å². The van der Waals surface area contributed by atoms with Crippen molar-refractivity contribution < 1.29 is 23.9 Å². The summed E-state index contributed by atoms with van der Waals surface area (Å²) >= 11 is 0. The topological polar surface area (TPSA) is 110 Å². The first-order chi connectivity index (χ1) is 16.2. The third-order valence-corrected chi connectivity index (χ3v) is 6.26. The molecule has 2 aromatic rings. The number of carbonyl (C=O) groups excluding carboxylic acids is 3. The van der Waals surface area contributed by atoms with Crippen LogP contribution in [0.2, 0.25) is 0 Å². The summed E-state index contributed by atoms with van der Waals surface area (Å²) in [4.78, 5) is 43.7. The minimum Gasteiger partial charge on any atom is -0.454 e. The van der Waals surface area contributed by atoms with E-state index in [9.17, 15) is 14.4 Å². The summed E-state index contributed by atoms with van der Waals surface area (Å²) in [5, 5.41) is 5.76. The van der Waals surface area contributed by atoms with E-state index in [2.05, 4.69) is 15.6 Å². The molecular weight excluding hydrogens is 436 g/mol. The van der Waals surface area contributed by atoms with E-state index in [-0.39, 0.29) is 30.4 Å². The third-order valence-electron chi connectivity index (χ3n) is 6.26. The summed E-state index contributed by atoms with van der Waals surface area (Å²) in [6, 6.07) is 4.55. The highest BCUT2D eigenvalue weighted by molar-refractivity contribution is 5.95. The molecule has 0 radical (unpaired) electrons. The van der Waals surface area contributed by atoms with Crippen LogP contribution in [-0.4, -0.2) is 47.0 Å². The Morgan fingerprint density at radius 1 is 1.18 bits per heavy atom. The number of carbonyl (C=O) groups is 3. The first-order valence-corrected chi connectivity index (χ1v) is 11.4. The number of pyridine rings is 1. The predicted octanol–water partition coefficient (Wildman–Crippen LogP) is 2.09. The zero-order valence-corrected chi connectivity index (χ0v) is 19.9. The van der Waals surface area contributed by atoms with Crippen molar-refractivity contribution in [3.05, 3.63) is 52.3 Å². The summed E-state index contributed by atoms with van der Waals surface area (Å²) in [5.74, 6) is 0.655. The van der Waals surface area contributed by atoms with Crippen LogP contribution < -0.4 is 20.1 Å². The first kappa shape index (κ1) is 23.5. The molecule has 4 rings (SSSR count). The molecule has 0 bridgehead atoms. The maximum absolute atomic E-state index is 13.1. The van der Waals surface area contributed by atoms with E-state index in [1.54, 1.807) is 29.3 Å². The van der Waals surface area contributed by atoms with Gasteiger partial charge in [0.1, 0.15) is 6.04 Å². The molecule has 1 aromatic carbocycles. The number of fused-ring (bicyclic) bond motifs is 2. The molecule has 0 aliphatic carbocycles. The number of benzene rings is 1. The van der Waals surface area contributed by atoms with E-state index < -0.39 is 6.04 Å². The van der Waals surface area contributed by atoms with Crippen molar-refractivity contribution in [1.29, 1.82) is 0 Å². The second-order valence-electron chi connectivity index (χ2n) is 9.01. The predicted molar refractivity (Wildman–Crippen MR) is 124 cm³/mol. The molecule has 1 aromatic heterocycles. The summed E-state index contributed by atoms with van der Waals surface area (Å²) in [6.07, 6.45) is 2.46. The van der Waals surface area contributed by atoms with Crippen LogP contribution in [0, 0.1) is 12.8 Å². The number of ether oxygens (including phenoxy) is 2. The number of rotatable bonds is 6. The number of aryl methyl sites for hydroxylation is 1. The van der Waals surface area contributed by atoms with Crippen LogP contribution in [0.5, 0.6) is 11.5 Å². The van der Waals surface area contributed by atoms with Gasteiger partial charge >= 0.3 is 0 Å². The lowest BCUT2D eigenvalue weighted by Gasteiger charge is -2.34. The van der Waals surface area contributed by atoms with Crippen LogP contribution in [-0.2, 0) is 29.1 Å². The molecule has 9 nitrogen and oxygen atoms in total. The van der Waals surface area contributed by atoms with Crippen molar-refractivity contribution in [3.63, 3.8) is 0 Å². The summed E-state index contributed by atoms with van der Waals surface area (Å²) < 4.78 is 10.7. The van der Waals surface area contributed by atoms with Gasteiger partial charge < -0.3 is 25.0 Å². The highest BCUT2D eigenvalue weighted by Gasteiger charge is 2.31. The number of aromatic nitrogens is 1. The van der Waals surface area contributed by atoms with Crippen molar-refractivity contribution in [3.8, 4) is 11.5 Å². The molecule has 2 aliphatic rings. The SMILES string of the molecule is CC(=O)N[C@@H](C(=O)N1CCc2c(cnc(C)c2CNC(=O)c2ccc3c(c2)OCO3)C1)C(C)C. The zero-order valence-electron chi connectivity index (χ0n) is 19.9. The highest BCUT2D eigenvalue weighted by Crippen LogP contribution is 2.32. The molecule has 9 heteroatoms. The molecule has 1 atom stereocenters. The van der Waals surface area contributed by atoms with Crippen LogP contribution in [0.4, 0.5) is 0 Å². The molecule has 0 fully saturated rings. The summed E-state index contributed by atoms with van der Waals surface area (Å²) in [6.45, 7) is 8.64. The number of amides is 3. The highest BCUT2D eigenvalue weighted by atomic mass is 16.7. The van der Waals surface area contributed by atoms with Gasteiger partial charge in [0.25, 0.3) is 5.91 Å². The average molecular weight is 467 g/mol. The number of nitrogens with zero attached hydrogens (tertiary/aromatic N) is 2. The molecule has 180 valence electrons. The Morgan fingerprint density at radius 3 is 2.68 bits per heavy atom. The number of nitrogens with one attached hydrogen (secondary N) is 2. The fourth-order valence-electron chi connectivity index (χ4n) is 4.38. The molecule has 3 amide bonds. The molecule has 34 heavy (non-hydrogen) atoms. The fraction of sp³-hybridized carbons (Fsp3) is 0.440. The van der Waals surface area contributed by atoms with E-state index in [0.29, 0.717) is 43.1 Å². The summed E-state index contributed by atoms with van der Waals surface area (Å²) in [7, 11) is 0. The van der Waals surface area contributed by atoms with Gasteiger partial charge in [-0.25, -0.2) is 0 Å². The largest absolute Gasteiger partial charge is 0.454 e. The Bertz CT molecular complexity index is 1130. The second-order valence-corrected chi connectivity index (χ2v) is 9.01. The lowest BCUT2D eigenvalue weighted by Crippen LogP contribution is -2.51. The average Bonchev–Trinajstić information content (AvgIpc) is 3.28. The monoisotopic (exact) mass is 466 g/mol. The van der Waals surface area contributed by atoms with Crippen molar-refractivity contribution in [2.24, 2.45) is 5.92 Å². The van der Waals surface area contributed by atoms with Crippen molar-refractivity contribution >= 4 is 17.7 Å². The third kappa shape index (κ3) is 4.83. The van der Waals surface area contributed by atoms with Crippen molar-refractivity contribution in [2.45, 2.75) is 53.2 Å². The molecule has 0 saturated heterocycles. The van der Waals surface area contributed by atoms with Gasteiger partial charge in [0.05, 0.1) is 0 Å². The second kappa shape index (κ2) is 9.70. The van der Waals surface area contributed by atoms with Gasteiger partial charge in [0, 0.05) is 44.0 Å². The van der Waals surface area contributed by atoms with E-state index in [4.69, 9.17) is 9.47 Å². The maximum Gasteiger partial charge on any atom is 0.251 e. The Morgan fingerprint density at radius 2 is 1.94 bits per heavy atom. The molecule has 0 saturated carbocycles. The van der Waals surface area contributed by atoms with Crippen LogP contribution >= 0.6 is 0 Å².